The molecule has 88 valence electrons. The van der Waals surface area contributed by atoms with Gasteiger partial charge in [-0.25, -0.2) is 0 Å². The number of pyridine rings is 1. The predicted octanol–water partition coefficient (Wildman–Crippen LogP) is 3.75. The van der Waals surface area contributed by atoms with E-state index in [1.165, 1.54) is 0 Å². The van der Waals surface area contributed by atoms with E-state index >= 15 is 0 Å². The monoisotopic (exact) mass is 312 g/mol. The number of rotatable bonds is 3. The van der Waals surface area contributed by atoms with Gasteiger partial charge in [-0.2, -0.15) is 0 Å². The van der Waals surface area contributed by atoms with Crippen molar-refractivity contribution in [1.82, 2.24) is 4.98 Å². The Morgan fingerprint density at radius 2 is 2.12 bits per heavy atom. The molecular weight excluding hydrogens is 304 g/mol. The highest BCUT2D eigenvalue weighted by atomic mass is 79.9. The fourth-order valence-electron chi connectivity index (χ4n) is 1.33. The lowest BCUT2D eigenvalue weighted by atomic mass is 10.2. The molecule has 2 N–H and O–H groups in total. The molecule has 2 aromatic rings. The van der Waals surface area contributed by atoms with Crippen LogP contribution in [0.25, 0.3) is 0 Å². The van der Waals surface area contributed by atoms with E-state index in [9.17, 15) is 0 Å². The normalized spacial score (nSPS) is 10.3. The van der Waals surface area contributed by atoms with Crippen LogP contribution >= 0.6 is 27.5 Å². The van der Waals surface area contributed by atoms with Crippen LogP contribution in [0.3, 0.4) is 0 Å². The number of aromatic nitrogens is 1. The maximum atomic E-state index is 6.09. The van der Waals surface area contributed by atoms with Crippen LogP contribution in [0.15, 0.2) is 41.1 Å². The zero-order chi connectivity index (χ0) is 12.3. The van der Waals surface area contributed by atoms with Crippen molar-refractivity contribution in [3.8, 4) is 11.5 Å². The molecule has 0 unspecified atom stereocenters. The molecule has 2 rings (SSSR count). The number of ether oxygens (including phenoxy) is 1. The van der Waals surface area contributed by atoms with Gasteiger partial charge in [0.1, 0.15) is 11.5 Å². The van der Waals surface area contributed by atoms with Gasteiger partial charge < -0.3 is 10.5 Å². The first-order valence-electron chi connectivity index (χ1n) is 4.96. The molecular formula is C12H10BrClN2O. The van der Waals surface area contributed by atoms with Gasteiger partial charge in [0.15, 0.2) is 0 Å². The lowest BCUT2D eigenvalue weighted by Gasteiger charge is -2.08. The Hall–Kier alpha value is -1.10. The summed E-state index contributed by atoms with van der Waals surface area (Å²) < 4.78 is 6.48. The molecule has 17 heavy (non-hydrogen) atoms. The Kier molecular flexibility index (Phi) is 3.99. The van der Waals surface area contributed by atoms with Crippen LogP contribution in [0, 0.1) is 0 Å². The molecule has 0 fully saturated rings. The molecule has 0 saturated heterocycles. The van der Waals surface area contributed by atoms with E-state index in [0.29, 0.717) is 23.1 Å². The molecule has 0 aliphatic rings. The van der Waals surface area contributed by atoms with Gasteiger partial charge in [-0.1, -0.05) is 17.7 Å². The van der Waals surface area contributed by atoms with Gasteiger partial charge in [0.2, 0.25) is 0 Å². The smallest absolute Gasteiger partial charge is 0.146 e. The van der Waals surface area contributed by atoms with Crippen molar-refractivity contribution in [3.05, 3.63) is 51.7 Å². The molecule has 1 heterocycles. The topological polar surface area (TPSA) is 48.1 Å². The standard InChI is InChI=1S/C12H10BrClN2O/c13-9-4-10(7-16-6-9)17-12-2-1-8(5-15)3-11(12)14/h1-4,6-7H,5,15H2. The molecule has 3 nitrogen and oxygen atoms in total. The minimum Gasteiger partial charge on any atom is -0.454 e. The van der Waals surface area contributed by atoms with Gasteiger partial charge in [0, 0.05) is 17.2 Å². The maximum Gasteiger partial charge on any atom is 0.146 e. The number of halogens is 2. The SMILES string of the molecule is NCc1ccc(Oc2cncc(Br)c2)c(Cl)c1. The number of hydrogen-bond donors (Lipinski definition) is 1. The largest absolute Gasteiger partial charge is 0.454 e. The van der Waals surface area contributed by atoms with Crippen molar-refractivity contribution >= 4 is 27.5 Å². The Morgan fingerprint density at radius 1 is 1.29 bits per heavy atom. The summed E-state index contributed by atoms with van der Waals surface area (Å²) in [5.41, 5.74) is 6.49. The van der Waals surface area contributed by atoms with E-state index in [-0.39, 0.29) is 0 Å². The van der Waals surface area contributed by atoms with Crippen LogP contribution in [0.5, 0.6) is 11.5 Å². The molecule has 1 aromatic carbocycles. The second-order valence-corrected chi connectivity index (χ2v) is 4.73. The first-order chi connectivity index (χ1) is 8.19. The highest BCUT2D eigenvalue weighted by Crippen LogP contribution is 2.30. The van der Waals surface area contributed by atoms with Gasteiger partial charge in [-0.3, -0.25) is 4.98 Å². The average molecular weight is 314 g/mol. The maximum absolute atomic E-state index is 6.09. The summed E-state index contributed by atoms with van der Waals surface area (Å²) in [4.78, 5) is 4.01. The van der Waals surface area contributed by atoms with Gasteiger partial charge in [-0.15, -0.1) is 0 Å². The first kappa shape index (κ1) is 12.4. The van der Waals surface area contributed by atoms with Crippen molar-refractivity contribution in [2.75, 3.05) is 0 Å². The number of hydrogen-bond acceptors (Lipinski definition) is 3. The van der Waals surface area contributed by atoms with Crippen LogP contribution < -0.4 is 10.5 Å². The third kappa shape index (κ3) is 3.19. The second-order valence-electron chi connectivity index (χ2n) is 3.41. The average Bonchev–Trinajstić information content (AvgIpc) is 2.32. The zero-order valence-corrected chi connectivity index (χ0v) is 11.2. The summed E-state index contributed by atoms with van der Waals surface area (Å²) in [6, 6.07) is 7.29. The third-order valence-corrected chi connectivity index (χ3v) is 2.87. The molecule has 0 spiro atoms. The lowest BCUT2D eigenvalue weighted by Crippen LogP contribution is -1.96. The summed E-state index contributed by atoms with van der Waals surface area (Å²) >= 11 is 9.41. The zero-order valence-electron chi connectivity index (χ0n) is 8.86. The third-order valence-electron chi connectivity index (χ3n) is 2.14. The Balaban J connectivity index is 2.24. The minimum absolute atomic E-state index is 0.457. The Morgan fingerprint density at radius 3 is 2.76 bits per heavy atom. The van der Waals surface area contributed by atoms with Crippen LogP contribution in [0.4, 0.5) is 0 Å². The Bertz CT molecular complexity index is 534. The van der Waals surface area contributed by atoms with Crippen molar-refractivity contribution < 1.29 is 4.74 Å². The summed E-state index contributed by atoms with van der Waals surface area (Å²) in [7, 11) is 0. The number of nitrogens with two attached hydrogens (primary N) is 1. The van der Waals surface area contributed by atoms with E-state index < -0.39 is 0 Å². The van der Waals surface area contributed by atoms with Crippen molar-refractivity contribution in [1.29, 1.82) is 0 Å². The predicted molar refractivity (Wildman–Crippen MR) is 71.4 cm³/mol. The quantitative estimate of drug-likeness (QED) is 0.939. The Labute approximate surface area is 113 Å². The van der Waals surface area contributed by atoms with E-state index in [1.807, 2.05) is 12.1 Å². The molecule has 5 heteroatoms. The summed E-state index contributed by atoms with van der Waals surface area (Å²) in [6.07, 6.45) is 3.31. The van der Waals surface area contributed by atoms with Crippen LogP contribution in [0.1, 0.15) is 5.56 Å². The van der Waals surface area contributed by atoms with Gasteiger partial charge >= 0.3 is 0 Å². The van der Waals surface area contributed by atoms with Crippen molar-refractivity contribution in [2.24, 2.45) is 5.73 Å². The highest BCUT2D eigenvalue weighted by molar-refractivity contribution is 9.10. The summed E-state index contributed by atoms with van der Waals surface area (Å²) in [5.74, 6) is 1.21. The molecule has 0 amide bonds. The molecule has 0 radical (unpaired) electrons. The lowest BCUT2D eigenvalue weighted by molar-refractivity contribution is 0.480. The minimum atomic E-state index is 0.457. The number of benzene rings is 1. The van der Waals surface area contributed by atoms with Gasteiger partial charge in [-0.05, 0) is 39.7 Å². The summed E-state index contributed by atoms with van der Waals surface area (Å²) in [6.45, 7) is 0.457. The molecule has 0 atom stereocenters. The van der Waals surface area contributed by atoms with Crippen LogP contribution in [-0.4, -0.2) is 4.98 Å². The van der Waals surface area contributed by atoms with Crippen molar-refractivity contribution in [2.45, 2.75) is 6.54 Å². The fourth-order valence-corrected chi connectivity index (χ4v) is 1.91. The molecule has 1 aromatic heterocycles. The first-order valence-corrected chi connectivity index (χ1v) is 6.13. The summed E-state index contributed by atoms with van der Waals surface area (Å²) in [5, 5.41) is 0.535. The highest BCUT2D eigenvalue weighted by Gasteiger charge is 2.04. The van der Waals surface area contributed by atoms with Crippen LogP contribution in [-0.2, 0) is 6.54 Å². The number of nitrogens with zero attached hydrogens (tertiary/aromatic N) is 1. The van der Waals surface area contributed by atoms with E-state index in [2.05, 4.69) is 20.9 Å². The molecule has 0 saturated carbocycles. The van der Waals surface area contributed by atoms with E-state index in [1.54, 1.807) is 24.5 Å². The van der Waals surface area contributed by atoms with E-state index in [0.717, 1.165) is 10.0 Å². The van der Waals surface area contributed by atoms with E-state index in [4.69, 9.17) is 22.1 Å². The van der Waals surface area contributed by atoms with Gasteiger partial charge in [0.25, 0.3) is 0 Å². The second kappa shape index (κ2) is 5.49. The fraction of sp³-hybridized carbons (Fsp3) is 0.0833. The molecule has 0 aliphatic carbocycles. The van der Waals surface area contributed by atoms with Crippen molar-refractivity contribution in [3.63, 3.8) is 0 Å². The van der Waals surface area contributed by atoms with Gasteiger partial charge in [0.05, 0.1) is 11.2 Å². The van der Waals surface area contributed by atoms with Crippen LogP contribution in [0.2, 0.25) is 5.02 Å². The molecule has 0 bridgehead atoms. The molecule has 0 aliphatic heterocycles.